The average molecular weight is 331 g/mol. The van der Waals surface area contributed by atoms with Crippen LogP contribution in [-0.4, -0.2) is 42.1 Å². The molecule has 0 saturated carbocycles. The lowest BCUT2D eigenvalue weighted by Gasteiger charge is -2.37. The molecule has 4 nitrogen and oxygen atoms in total. The molecule has 0 radical (unpaired) electrons. The fourth-order valence-corrected chi connectivity index (χ4v) is 2.55. The van der Waals surface area contributed by atoms with Crippen molar-refractivity contribution in [2.24, 2.45) is 0 Å². The highest BCUT2D eigenvalue weighted by molar-refractivity contribution is 9.09. The zero-order valence-corrected chi connectivity index (χ0v) is 12.5. The number of alkyl halides is 1. The highest BCUT2D eigenvalue weighted by Gasteiger charge is 2.38. The molecule has 0 aliphatic carbocycles. The topological polar surface area (TPSA) is 47.9 Å². The van der Waals surface area contributed by atoms with Crippen LogP contribution in [0.5, 0.6) is 0 Å². The van der Waals surface area contributed by atoms with Gasteiger partial charge < -0.3 is 19.3 Å². The predicted molar refractivity (Wildman–Crippen MR) is 75.1 cm³/mol. The molecule has 1 saturated heterocycles. The number of rotatable bonds is 5. The van der Waals surface area contributed by atoms with Gasteiger partial charge in [-0.1, -0.05) is 46.3 Å². The van der Waals surface area contributed by atoms with Crippen LogP contribution in [0.4, 0.5) is 0 Å². The van der Waals surface area contributed by atoms with Gasteiger partial charge in [-0.25, -0.2) is 0 Å². The lowest BCUT2D eigenvalue weighted by molar-refractivity contribution is -0.262. The van der Waals surface area contributed by atoms with Crippen LogP contribution in [0.1, 0.15) is 12.0 Å². The van der Waals surface area contributed by atoms with Gasteiger partial charge in [0.2, 0.25) is 0 Å². The Kier molecular flexibility index (Phi) is 5.78. The summed E-state index contributed by atoms with van der Waals surface area (Å²) in [4.78, 5) is 0. The smallest absolute Gasteiger partial charge is 0.185 e. The van der Waals surface area contributed by atoms with Gasteiger partial charge in [0.05, 0.1) is 18.8 Å². The number of hydrogen-bond donors (Lipinski definition) is 1. The van der Waals surface area contributed by atoms with E-state index in [9.17, 15) is 5.11 Å². The summed E-state index contributed by atoms with van der Waals surface area (Å²) in [7, 11) is 1.53. The molecule has 1 aromatic carbocycles. The van der Waals surface area contributed by atoms with Gasteiger partial charge in [-0.3, -0.25) is 0 Å². The Morgan fingerprint density at radius 3 is 2.74 bits per heavy atom. The third-order valence-electron chi connectivity index (χ3n) is 3.19. The van der Waals surface area contributed by atoms with Crippen LogP contribution in [0.25, 0.3) is 0 Å². The van der Waals surface area contributed by atoms with Crippen molar-refractivity contribution in [2.75, 3.05) is 12.4 Å². The van der Waals surface area contributed by atoms with Crippen molar-refractivity contribution < 1.29 is 19.3 Å². The van der Waals surface area contributed by atoms with Gasteiger partial charge in [0.15, 0.2) is 6.29 Å². The maximum Gasteiger partial charge on any atom is 0.185 e. The average Bonchev–Trinajstić information content (AvgIpc) is 2.47. The van der Waals surface area contributed by atoms with E-state index < -0.39 is 12.4 Å². The molecule has 1 N–H and O–H groups in total. The molecule has 2 rings (SSSR count). The van der Waals surface area contributed by atoms with Crippen molar-refractivity contribution in [3.05, 3.63) is 35.9 Å². The molecule has 5 heteroatoms. The van der Waals surface area contributed by atoms with Gasteiger partial charge in [0, 0.05) is 18.9 Å². The van der Waals surface area contributed by atoms with E-state index in [-0.39, 0.29) is 12.2 Å². The standard InChI is InChI=1S/C14H19BrO4/c1-17-14-13(16)12(7-11(8-15)19-14)18-9-10-5-3-2-4-6-10/h2-6,11-14,16H,7-9H2,1H3/t11-,12+,13-,14+/m0/s1. The largest absolute Gasteiger partial charge is 0.385 e. The number of aliphatic hydroxyl groups excluding tert-OH is 1. The van der Waals surface area contributed by atoms with Gasteiger partial charge in [0.1, 0.15) is 6.10 Å². The number of methoxy groups -OCH3 is 1. The Labute approximate surface area is 121 Å². The molecule has 1 heterocycles. The first-order valence-corrected chi connectivity index (χ1v) is 7.44. The molecule has 1 aliphatic rings. The second kappa shape index (κ2) is 7.36. The van der Waals surface area contributed by atoms with Gasteiger partial charge in [0.25, 0.3) is 0 Å². The van der Waals surface area contributed by atoms with Crippen LogP contribution >= 0.6 is 15.9 Å². The zero-order chi connectivity index (χ0) is 13.7. The number of benzene rings is 1. The molecule has 19 heavy (non-hydrogen) atoms. The second-order valence-corrected chi connectivity index (χ2v) is 5.23. The summed E-state index contributed by atoms with van der Waals surface area (Å²) in [6, 6.07) is 9.91. The SMILES string of the molecule is CO[C@@H]1O[C@H](CBr)C[C@@H](OCc2ccccc2)[C@@H]1O. The first-order chi connectivity index (χ1) is 9.24. The first-order valence-electron chi connectivity index (χ1n) is 6.32. The van der Waals surface area contributed by atoms with E-state index in [2.05, 4.69) is 15.9 Å². The Morgan fingerprint density at radius 1 is 1.37 bits per heavy atom. The van der Waals surface area contributed by atoms with Crippen LogP contribution in [0, 0.1) is 0 Å². The van der Waals surface area contributed by atoms with Crippen LogP contribution in [0.15, 0.2) is 30.3 Å². The van der Waals surface area contributed by atoms with Gasteiger partial charge in [-0.2, -0.15) is 0 Å². The summed E-state index contributed by atoms with van der Waals surface area (Å²) >= 11 is 3.39. The molecule has 0 unspecified atom stereocenters. The van der Waals surface area contributed by atoms with E-state index in [1.54, 1.807) is 0 Å². The molecule has 0 spiro atoms. The molecule has 0 aromatic heterocycles. The Bertz CT molecular complexity index is 373. The summed E-state index contributed by atoms with van der Waals surface area (Å²) in [5.41, 5.74) is 1.09. The summed E-state index contributed by atoms with van der Waals surface area (Å²) in [5.74, 6) is 0. The van der Waals surface area contributed by atoms with Crippen molar-refractivity contribution in [1.29, 1.82) is 0 Å². The molecule has 106 valence electrons. The van der Waals surface area contributed by atoms with Gasteiger partial charge >= 0.3 is 0 Å². The summed E-state index contributed by atoms with van der Waals surface area (Å²) in [6.45, 7) is 0.480. The molecule has 0 amide bonds. The Balaban J connectivity index is 1.93. The molecule has 1 fully saturated rings. The lowest BCUT2D eigenvalue weighted by Crippen LogP contribution is -2.50. The molecular weight excluding hydrogens is 312 g/mol. The lowest BCUT2D eigenvalue weighted by atomic mass is 10.0. The van der Waals surface area contributed by atoms with Crippen molar-refractivity contribution >= 4 is 15.9 Å². The minimum absolute atomic E-state index is 0.00544. The summed E-state index contributed by atoms with van der Waals surface area (Å²) in [6.07, 6.45) is -1.02. The van der Waals surface area contributed by atoms with Crippen LogP contribution in [-0.2, 0) is 20.8 Å². The highest BCUT2D eigenvalue weighted by Crippen LogP contribution is 2.25. The predicted octanol–water partition coefficient (Wildman–Crippen LogP) is 2.09. The maximum absolute atomic E-state index is 10.1. The monoisotopic (exact) mass is 330 g/mol. The number of hydrogen-bond acceptors (Lipinski definition) is 4. The van der Waals surface area contributed by atoms with Crippen LogP contribution < -0.4 is 0 Å². The minimum atomic E-state index is -0.760. The van der Waals surface area contributed by atoms with Crippen molar-refractivity contribution in [3.63, 3.8) is 0 Å². The number of ether oxygens (including phenoxy) is 3. The quantitative estimate of drug-likeness (QED) is 0.840. The summed E-state index contributed by atoms with van der Waals surface area (Å²) in [5, 5.41) is 10.8. The van der Waals surface area contributed by atoms with Crippen LogP contribution in [0.2, 0.25) is 0 Å². The molecule has 1 aromatic rings. The normalized spacial score (nSPS) is 31.3. The summed E-state index contributed by atoms with van der Waals surface area (Å²) < 4.78 is 16.5. The van der Waals surface area contributed by atoms with Crippen molar-refractivity contribution in [2.45, 2.75) is 37.6 Å². The fraction of sp³-hybridized carbons (Fsp3) is 0.571. The van der Waals surface area contributed by atoms with E-state index in [4.69, 9.17) is 14.2 Å². The molecule has 1 aliphatic heterocycles. The first kappa shape index (κ1) is 14.9. The molecular formula is C14H19BrO4. The zero-order valence-electron chi connectivity index (χ0n) is 10.9. The van der Waals surface area contributed by atoms with E-state index in [0.717, 1.165) is 5.56 Å². The third kappa shape index (κ3) is 4.00. The van der Waals surface area contributed by atoms with E-state index in [0.29, 0.717) is 18.4 Å². The molecule has 0 bridgehead atoms. The van der Waals surface area contributed by atoms with Crippen molar-refractivity contribution in [1.82, 2.24) is 0 Å². The Morgan fingerprint density at radius 2 is 2.11 bits per heavy atom. The minimum Gasteiger partial charge on any atom is -0.385 e. The van der Waals surface area contributed by atoms with Gasteiger partial charge in [-0.05, 0) is 5.56 Å². The number of aliphatic hydroxyl groups is 1. The van der Waals surface area contributed by atoms with Crippen molar-refractivity contribution in [3.8, 4) is 0 Å². The van der Waals surface area contributed by atoms with Gasteiger partial charge in [-0.15, -0.1) is 0 Å². The van der Waals surface area contributed by atoms with E-state index in [1.807, 2.05) is 30.3 Å². The second-order valence-electron chi connectivity index (χ2n) is 4.58. The van der Waals surface area contributed by atoms with E-state index in [1.165, 1.54) is 7.11 Å². The van der Waals surface area contributed by atoms with Crippen LogP contribution in [0.3, 0.4) is 0 Å². The maximum atomic E-state index is 10.1. The number of halogens is 1. The third-order valence-corrected chi connectivity index (χ3v) is 3.92. The highest BCUT2D eigenvalue weighted by atomic mass is 79.9. The fourth-order valence-electron chi connectivity index (χ4n) is 2.14. The Hall–Kier alpha value is -0.460. The van der Waals surface area contributed by atoms with E-state index >= 15 is 0 Å². The molecule has 4 atom stereocenters.